The zero-order chi connectivity index (χ0) is 27.5. The summed E-state index contributed by atoms with van der Waals surface area (Å²) in [5, 5.41) is 4.82. The highest BCUT2D eigenvalue weighted by Gasteiger charge is 2.36. The Hall–Kier alpha value is -4.22. The highest BCUT2D eigenvalue weighted by atomic mass is 19.4. The number of anilines is 1. The van der Waals surface area contributed by atoms with Gasteiger partial charge in [0.2, 0.25) is 11.8 Å². The molecule has 1 fully saturated rings. The van der Waals surface area contributed by atoms with Crippen LogP contribution in [-0.4, -0.2) is 42.3 Å². The highest BCUT2D eigenvalue weighted by Crippen LogP contribution is 2.46. The minimum absolute atomic E-state index is 0.0318. The largest absolute Gasteiger partial charge is 0.480 e. The van der Waals surface area contributed by atoms with E-state index in [0.717, 1.165) is 35.9 Å². The minimum Gasteiger partial charge on any atom is -0.480 e. The number of carbonyl (C=O) groups excluding carboxylic acids is 1. The Morgan fingerprint density at radius 3 is 2.51 bits per heavy atom. The van der Waals surface area contributed by atoms with E-state index in [4.69, 9.17) is 9.84 Å². The summed E-state index contributed by atoms with van der Waals surface area (Å²) in [5.41, 5.74) is 2.74. The number of methoxy groups -OCH3 is 1. The number of halogens is 3. The molecule has 0 spiro atoms. The van der Waals surface area contributed by atoms with Crippen LogP contribution in [0.2, 0.25) is 0 Å². The number of benzene rings is 1. The van der Waals surface area contributed by atoms with Crippen LogP contribution < -0.4 is 9.64 Å². The lowest BCUT2D eigenvalue weighted by molar-refractivity contribution is -0.140. The van der Waals surface area contributed by atoms with Crippen molar-refractivity contribution in [2.75, 3.05) is 12.0 Å². The van der Waals surface area contributed by atoms with Crippen LogP contribution in [-0.2, 0) is 31.1 Å². The summed E-state index contributed by atoms with van der Waals surface area (Å²) in [6, 6.07) is 8.90. The van der Waals surface area contributed by atoms with E-state index in [9.17, 15) is 18.0 Å². The van der Waals surface area contributed by atoms with Crippen molar-refractivity contribution in [1.29, 1.82) is 0 Å². The van der Waals surface area contributed by atoms with Crippen molar-refractivity contribution < 1.29 is 22.7 Å². The number of hydrogen-bond acceptors (Lipinski definition) is 6. The van der Waals surface area contributed by atoms with E-state index in [2.05, 4.69) is 15.0 Å². The molecule has 1 amide bonds. The molecule has 1 saturated carbocycles. The predicted octanol–water partition coefficient (Wildman–Crippen LogP) is 4.83. The lowest BCUT2D eigenvalue weighted by atomic mass is 10.1. The number of ether oxygens (including phenoxy) is 1. The zero-order valence-corrected chi connectivity index (χ0v) is 21.6. The zero-order valence-electron chi connectivity index (χ0n) is 21.6. The molecule has 1 unspecified atom stereocenters. The van der Waals surface area contributed by atoms with Gasteiger partial charge in [0.05, 0.1) is 37.4 Å². The van der Waals surface area contributed by atoms with Gasteiger partial charge in [-0.15, -0.1) is 0 Å². The Balaban J connectivity index is 1.31. The smallest absolute Gasteiger partial charge is 0.434 e. The van der Waals surface area contributed by atoms with Gasteiger partial charge in [0.15, 0.2) is 5.69 Å². The van der Waals surface area contributed by atoms with Crippen molar-refractivity contribution in [2.24, 2.45) is 13.0 Å². The summed E-state index contributed by atoms with van der Waals surface area (Å²) in [5.74, 6) is 1.35. The van der Waals surface area contributed by atoms with E-state index >= 15 is 0 Å². The van der Waals surface area contributed by atoms with Gasteiger partial charge in [-0.2, -0.15) is 18.3 Å². The Kier molecular flexibility index (Phi) is 5.92. The molecule has 1 aliphatic carbocycles. The monoisotopic (exact) mass is 537 g/mol. The topological polar surface area (TPSA) is 91.0 Å². The molecule has 39 heavy (non-hydrogen) atoms. The van der Waals surface area contributed by atoms with Crippen molar-refractivity contribution >= 4 is 11.7 Å². The highest BCUT2D eigenvalue weighted by molar-refractivity contribution is 5.96. The number of alkyl halides is 3. The summed E-state index contributed by atoms with van der Waals surface area (Å²) in [6.07, 6.45) is 0.0559. The molecule has 0 saturated heterocycles. The van der Waals surface area contributed by atoms with Crippen LogP contribution in [0.15, 0.2) is 42.9 Å². The van der Waals surface area contributed by atoms with Crippen LogP contribution in [0.5, 0.6) is 5.88 Å². The maximum atomic E-state index is 13.3. The molecule has 0 bridgehead atoms. The Labute approximate surface area is 222 Å². The quantitative estimate of drug-likeness (QED) is 0.350. The average molecular weight is 538 g/mol. The average Bonchev–Trinajstić information content (AvgIpc) is 3.56. The van der Waals surface area contributed by atoms with Gasteiger partial charge in [0.25, 0.3) is 0 Å². The van der Waals surface area contributed by atoms with Gasteiger partial charge in [-0.1, -0.05) is 31.2 Å². The number of hydrogen-bond donors (Lipinski definition) is 0. The van der Waals surface area contributed by atoms with Crippen LogP contribution in [0, 0.1) is 5.92 Å². The van der Waals surface area contributed by atoms with Gasteiger partial charge in [0.1, 0.15) is 23.7 Å². The lowest BCUT2D eigenvalue weighted by Crippen LogP contribution is -2.42. The van der Waals surface area contributed by atoms with E-state index in [1.54, 1.807) is 36.3 Å². The number of aryl methyl sites for hydroxylation is 1. The molecule has 0 radical (unpaired) electrons. The standard InChI is InChI=1S/C27H26F3N7O2/c1-15-11-37-21(10-19(34-37)22-23(17-8-9-17)31-14-32-25(22)39-3)36(26(15)38)12-16-4-6-18(7-5-16)24-33-20(13-35(24)2)27(28,29)30/h4-7,10,13-15,17H,8-9,11-12H2,1-3H3. The third-order valence-electron chi connectivity index (χ3n) is 7.14. The SMILES string of the molecule is COc1ncnc(C2CC2)c1-c1cc2n(n1)CC(C)C(=O)N2Cc1ccc(-c2nc(C(F)(F)F)cn2C)cc1. The van der Waals surface area contributed by atoms with Crippen molar-refractivity contribution in [3.63, 3.8) is 0 Å². The number of fused-ring (bicyclic) bond motifs is 1. The lowest BCUT2D eigenvalue weighted by Gasteiger charge is -2.31. The molecule has 9 nitrogen and oxygen atoms in total. The molecule has 202 valence electrons. The molecule has 1 atom stereocenters. The molecule has 4 heterocycles. The van der Waals surface area contributed by atoms with Crippen LogP contribution in [0.4, 0.5) is 19.0 Å². The Bertz CT molecular complexity index is 1550. The van der Waals surface area contributed by atoms with E-state index < -0.39 is 11.9 Å². The van der Waals surface area contributed by atoms with Crippen LogP contribution in [0.25, 0.3) is 22.6 Å². The second-order valence-electron chi connectivity index (χ2n) is 10.1. The molecule has 6 rings (SSSR count). The number of imidazole rings is 1. The second-order valence-corrected chi connectivity index (χ2v) is 10.1. The van der Waals surface area contributed by atoms with Crippen molar-refractivity contribution in [2.45, 2.75) is 44.9 Å². The first-order chi connectivity index (χ1) is 18.6. The molecule has 1 aliphatic heterocycles. The maximum Gasteiger partial charge on any atom is 0.434 e. The molecule has 3 aromatic heterocycles. The number of carbonyl (C=O) groups is 1. The summed E-state index contributed by atoms with van der Waals surface area (Å²) in [4.78, 5) is 27.5. The molecule has 1 aromatic carbocycles. The molecule has 4 aromatic rings. The van der Waals surface area contributed by atoms with Crippen molar-refractivity contribution in [1.82, 2.24) is 29.3 Å². The van der Waals surface area contributed by atoms with Crippen molar-refractivity contribution in [3.05, 3.63) is 59.8 Å². The first-order valence-electron chi connectivity index (χ1n) is 12.6. The number of rotatable bonds is 6. The van der Waals surface area contributed by atoms with E-state index in [0.29, 0.717) is 35.4 Å². The Morgan fingerprint density at radius 1 is 1.13 bits per heavy atom. The summed E-state index contributed by atoms with van der Waals surface area (Å²) in [7, 11) is 3.09. The van der Waals surface area contributed by atoms with Gasteiger partial charge in [-0.3, -0.25) is 9.69 Å². The minimum atomic E-state index is -4.52. The van der Waals surface area contributed by atoms with Crippen molar-refractivity contribution in [3.8, 4) is 28.5 Å². The normalized spacial score (nSPS) is 17.4. The molecule has 2 aliphatic rings. The Morgan fingerprint density at radius 2 is 1.87 bits per heavy atom. The number of aromatic nitrogens is 6. The molecule has 0 N–H and O–H groups in total. The molecular weight excluding hydrogens is 511 g/mol. The third kappa shape index (κ3) is 4.53. The van der Waals surface area contributed by atoms with Gasteiger partial charge in [-0.05, 0) is 18.4 Å². The number of amides is 1. The van der Waals surface area contributed by atoms with E-state index in [1.807, 2.05) is 17.7 Å². The fourth-order valence-electron chi connectivity index (χ4n) is 5.01. The second kappa shape index (κ2) is 9.21. The number of nitrogens with zero attached hydrogens (tertiary/aromatic N) is 7. The first-order valence-corrected chi connectivity index (χ1v) is 12.6. The summed E-state index contributed by atoms with van der Waals surface area (Å²) < 4.78 is 48.0. The fraction of sp³-hybridized carbons (Fsp3) is 0.370. The van der Waals surface area contributed by atoms with Gasteiger partial charge >= 0.3 is 6.18 Å². The fourth-order valence-corrected chi connectivity index (χ4v) is 5.01. The van der Waals surface area contributed by atoms with Gasteiger partial charge < -0.3 is 9.30 Å². The summed E-state index contributed by atoms with van der Waals surface area (Å²) in [6.45, 7) is 2.59. The molecule has 12 heteroatoms. The third-order valence-corrected chi connectivity index (χ3v) is 7.14. The van der Waals surface area contributed by atoms with Crippen LogP contribution in [0.1, 0.15) is 42.6 Å². The first kappa shape index (κ1) is 25.1. The van der Waals surface area contributed by atoms with Crippen LogP contribution >= 0.6 is 0 Å². The van der Waals surface area contributed by atoms with E-state index in [-0.39, 0.29) is 24.2 Å². The van der Waals surface area contributed by atoms with Gasteiger partial charge in [-0.25, -0.2) is 19.6 Å². The summed E-state index contributed by atoms with van der Waals surface area (Å²) >= 11 is 0. The predicted molar refractivity (Wildman–Crippen MR) is 136 cm³/mol. The van der Waals surface area contributed by atoms with E-state index in [1.165, 1.54) is 17.9 Å². The van der Waals surface area contributed by atoms with Gasteiger partial charge in [0, 0.05) is 30.8 Å². The van der Waals surface area contributed by atoms with Crippen LogP contribution in [0.3, 0.4) is 0 Å². The maximum absolute atomic E-state index is 13.3. The molecular formula is C27H26F3N7O2.